The third-order valence-corrected chi connectivity index (χ3v) is 4.32. The maximum Gasteiger partial charge on any atom is 0.225 e. The summed E-state index contributed by atoms with van der Waals surface area (Å²) >= 11 is 7.68. The van der Waals surface area contributed by atoms with E-state index in [1.807, 2.05) is 0 Å². The third-order valence-electron chi connectivity index (χ3n) is 3.05. The first-order chi connectivity index (χ1) is 8.08. The van der Waals surface area contributed by atoms with Gasteiger partial charge in [0.15, 0.2) is 0 Å². The third kappa shape index (κ3) is 2.11. The number of thiophene rings is 1. The topological polar surface area (TPSA) is 29.0 Å². The van der Waals surface area contributed by atoms with Gasteiger partial charge in [-0.15, -0.1) is 11.3 Å². The van der Waals surface area contributed by atoms with Gasteiger partial charge in [-0.2, -0.15) is 4.98 Å². The normalized spacial score (nSPS) is 11.1. The largest absolute Gasteiger partial charge is 0.356 e. The second-order valence-corrected chi connectivity index (χ2v) is 5.49. The van der Waals surface area contributed by atoms with Gasteiger partial charge in [-0.05, 0) is 44.9 Å². The molecule has 0 N–H and O–H groups in total. The summed E-state index contributed by atoms with van der Waals surface area (Å²) in [6, 6.07) is 0. The predicted octanol–water partition coefficient (Wildman–Crippen LogP) is 3.81. The van der Waals surface area contributed by atoms with Crippen LogP contribution in [-0.2, 0) is 0 Å². The summed E-state index contributed by atoms with van der Waals surface area (Å²) in [5.74, 6) is 0.965. The van der Waals surface area contributed by atoms with Crippen LogP contribution < -0.4 is 4.90 Å². The predicted molar refractivity (Wildman–Crippen MR) is 75.5 cm³/mol. The average molecular weight is 270 g/mol. The Hall–Kier alpha value is -0.870. The Morgan fingerprint density at radius 1 is 1.18 bits per heavy atom. The second kappa shape index (κ2) is 4.78. The second-order valence-electron chi connectivity index (χ2n) is 3.95. The molecule has 0 unspecified atom stereocenters. The summed E-state index contributed by atoms with van der Waals surface area (Å²) in [5.41, 5.74) is 1.27. The van der Waals surface area contributed by atoms with Crippen LogP contribution in [0.2, 0.25) is 5.28 Å². The number of nitrogens with zero attached hydrogens (tertiary/aromatic N) is 3. The maximum absolute atomic E-state index is 6.00. The van der Waals surface area contributed by atoms with E-state index in [-0.39, 0.29) is 0 Å². The molecular weight excluding hydrogens is 254 g/mol. The molecule has 0 bridgehead atoms. The number of rotatable bonds is 3. The van der Waals surface area contributed by atoms with Crippen molar-refractivity contribution in [2.45, 2.75) is 27.7 Å². The van der Waals surface area contributed by atoms with E-state index in [1.54, 1.807) is 11.3 Å². The van der Waals surface area contributed by atoms with Gasteiger partial charge in [0.1, 0.15) is 10.6 Å². The highest BCUT2D eigenvalue weighted by atomic mass is 35.5. The lowest BCUT2D eigenvalue weighted by atomic mass is 10.2. The molecule has 0 fully saturated rings. The molecule has 2 heterocycles. The number of fused-ring (bicyclic) bond motifs is 1. The molecule has 2 aromatic heterocycles. The summed E-state index contributed by atoms with van der Waals surface area (Å²) in [7, 11) is 0. The molecule has 0 spiro atoms. The fraction of sp³-hybridized carbons (Fsp3) is 0.500. The standard InChI is InChI=1S/C12H16ClN3S/c1-5-16(6-2)10-9-7(3)8(4)17-11(9)15-12(13)14-10/h5-6H2,1-4H3. The quantitative estimate of drug-likeness (QED) is 0.794. The lowest BCUT2D eigenvalue weighted by molar-refractivity contribution is 0.849. The number of hydrogen-bond acceptors (Lipinski definition) is 4. The zero-order valence-electron chi connectivity index (χ0n) is 10.5. The Kier molecular flexibility index (Phi) is 3.54. The van der Waals surface area contributed by atoms with E-state index in [9.17, 15) is 0 Å². The molecular formula is C12H16ClN3S. The minimum absolute atomic E-state index is 0.334. The molecule has 0 aliphatic heterocycles. The van der Waals surface area contributed by atoms with Crippen molar-refractivity contribution in [1.82, 2.24) is 9.97 Å². The van der Waals surface area contributed by atoms with Gasteiger partial charge in [0.25, 0.3) is 0 Å². The van der Waals surface area contributed by atoms with Crippen molar-refractivity contribution in [2.75, 3.05) is 18.0 Å². The van der Waals surface area contributed by atoms with E-state index in [0.717, 1.165) is 29.1 Å². The van der Waals surface area contributed by atoms with E-state index in [4.69, 9.17) is 11.6 Å². The van der Waals surface area contributed by atoms with Gasteiger partial charge in [-0.3, -0.25) is 0 Å². The molecule has 92 valence electrons. The lowest BCUT2D eigenvalue weighted by Gasteiger charge is -2.20. The van der Waals surface area contributed by atoms with Gasteiger partial charge >= 0.3 is 0 Å². The Morgan fingerprint density at radius 3 is 2.41 bits per heavy atom. The van der Waals surface area contributed by atoms with Crippen LogP contribution in [0.3, 0.4) is 0 Å². The molecule has 0 aliphatic carbocycles. The zero-order chi connectivity index (χ0) is 12.6. The molecule has 5 heteroatoms. The van der Waals surface area contributed by atoms with Crippen LogP contribution in [0, 0.1) is 13.8 Å². The van der Waals surface area contributed by atoms with E-state index in [1.165, 1.54) is 10.4 Å². The van der Waals surface area contributed by atoms with Crippen molar-refractivity contribution in [1.29, 1.82) is 0 Å². The van der Waals surface area contributed by atoms with Gasteiger partial charge in [0.2, 0.25) is 5.28 Å². The summed E-state index contributed by atoms with van der Waals surface area (Å²) < 4.78 is 0. The monoisotopic (exact) mass is 269 g/mol. The van der Waals surface area contributed by atoms with Crippen LogP contribution in [0.1, 0.15) is 24.3 Å². The smallest absolute Gasteiger partial charge is 0.225 e. The van der Waals surface area contributed by atoms with Crippen molar-refractivity contribution >= 4 is 39.0 Å². The lowest BCUT2D eigenvalue weighted by Crippen LogP contribution is -2.23. The summed E-state index contributed by atoms with van der Waals surface area (Å²) in [6.45, 7) is 10.3. The number of aryl methyl sites for hydroxylation is 2. The fourth-order valence-electron chi connectivity index (χ4n) is 1.96. The molecule has 0 atom stereocenters. The summed E-state index contributed by atoms with van der Waals surface area (Å²) in [6.07, 6.45) is 0. The number of aromatic nitrogens is 2. The minimum atomic E-state index is 0.334. The van der Waals surface area contributed by atoms with E-state index < -0.39 is 0 Å². The van der Waals surface area contributed by atoms with Crippen LogP contribution in [0.5, 0.6) is 0 Å². The highest BCUT2D eigenvalue weighted by Gasteiger charge is 2.16. The fourth-order valence-corrected chi connectivity index (χ4v) is 3.19. The van der Waals surface area contributed by atoms with Crippen molar-refractivity contribution in [2.24, 2.45) is 0 Å². The number of halogens is 1. The van der Waals surface area contributed by atoms with Crippen molar-refractivity contribution < 1.29 is 0 Å². The molecule has 0 amide bonds. The molecule has 17 heavy (non-hydrogen) atoms. The molecule has 0 aliphatic rings. The van der Waals surface area contributed by atoms with Gasteiger partial charge in [-0.1, -0.05) is 0 Å². The molecule has 2 rings (SSSR count). The number of hydrogen-bond donors (Lipinski definition) is 0. The molecule has 2 aromatic rings. The first-order valence-corrected chi connectivity index (χ1v) is 6.96. The Labute approximate surface area is 110 Å². The first-order valence-electron chi connectivity index (χ1n) is 5.76. The van der Waals surface area contributed by atoms with Gasteiger partial charge in [0.05, 0.1) is 5.39 Å². The summed E-state index contributed by atoms with van der Waals surface area (Å²) in [4.78, 5) is 13.2. The Balaban J connectivity index is 2.75. The minimum Gasteiger partial charge on any atom is -0.356 e. The highest BCUT2D eigenvalue weighted by Crippen LogP contribution is 2.35. The van der Waals surface area contributed by atoms with E-state index >= 15 is 0 Å². The van der Waals surface area contributed by atoms with Crippen LogP contribution in [-0.4, -0.2) is 23.1 Å². The number of anilines is 1. The van der Waals surface area contributed by atoms with Crippen LogP contribution in [0.15, 0.2) is 0 Å². The van der Waals surface area contributed by atoms with Crippen LogP contribution in [0.4, 0.5) is 5.82 Å². The molecule has 3 nitrogen and oxygen atoms in total. The molecule has 0 aromatic carbocycles. The maximum atomic E-state index is 6.00. The highest BCUT2D eigenvalue weighted by molar-refractivity contribution is 7.18. The van der Waals surface area contributed by atoms with Gasteiger partial charge < -0.3 is 4.90 Å². The summed E-state index contributed by atoms with van der Waals surface area (Å²) in [5, 5.41) is 1.49. The first kappa shape index (κ1) is 12.6. The molecule has 0 saturated carbocycles. The zero-order valence-corrected chi connectivity index (χ0v) is 12.1. The van der Waals surface area contributed by atoms with Gasteiger partial charge in [-0.25, -0.2) is 4.98 Å². The SMILES string of the molecule is CCN(CC)c1nc(Cl)nc2sc(C)c(C)c12. The van der Waals surface area contributed by atoms with E-state index in [0.29, 0.717) is 5.28 Å². The molecule has 0 saturated heterocycles. The van der Waals surface area contributed by atoms with Crippen LogP contribution >= 0.6 is 22.9 Å². The van der Waals surface area contributed by atoms with Crippen molar-refractivity contribution in [3.63, 3.8) is 0 Å². The Morgan fingerprint density at radius 2 is 1.82 bits per heavy atom. The Bertz CT molecular complexity index is 546. The van der Waals surface area contributed by atoms with Crippen molar-refractivity contribution in [3.05, 3.63) is 15.7 Å². The van der Waals surface area contributed by atoms with Crippen molar-refractivity contribution in [3.8, 4) is 0 Å². The molecule has 0 radical (unpaired) electrons. The van der Waals surface area contributed by atoms with Crippen LogP contribution in [0.25, 0.3) is 10.2 Å². The van der Waals surface area contributed by atoms with Gasteiger partial charge in [0, 0.05) is 18.0 Å². The van der Waals surface area contributed by atoms with E-state index in [2.05, 4.69) is 42.6 Å². The average Bonchev–Trinajstić information content (AvgIpc) is 2.56.